The molecule has 1 aromatic carbocycles. The number of aromatic nitrogens is 1. The largest absolute Gasteiger partial charge is 0.368 e. The van der Waals surface area contributed by atoms with Crippen molar-refractivity contribution < 1.29 is 14.3 Å². The molecule has 2 aliphatic heterocycles. The summed E-state index contributed by atoms with van der Waals surface area (Å²) < 4.78 is 6.32. The molecule has 2 amide bonds. The van der Waals surface area contributed by atoms with Crippen molar-refractivity contribution in [3.63, 3.8) is 0 Å². The molecule has 4 rings (SSSR count). The van der Waals surface area contributed by atoms with Crippen LogP contribution in [0.1, 0.15) is 50.8 Å². The van der Waals surface area contributed by atoms with E-state index in [0.29, 0.717) is 26.1 Å². The Bertz CT molecular complexity index is 880. The van der Waals surface area contributed by atoms with Gasteiger partial charge >= 0.3 is 0 Å². The fraction of sp³-hybridized carbons (Fsp3) is 0.545. The Balaban J connectivity index is 1.53. The minimum Gasteiger partial charge on any atom is -0.368 e. The Morgan fingerprint density at radius 1 is 1.29 bits per heavy atom. The summed E-state index contributed by atoms with van der Waals surface area (Å²) in [4.78, 5) is 29.9. The fourth-order valence-corrected chi connectivity index (χ4v) is 4.76. The van der Waals surface area contributed by atoms with Gasteiger partial charge in [0.05, 0.1) is 12.3 Å². The molecule has 2 aliphatic rings. The predicted octanol–water partition coefficient (Wildman–Crippen LogP) is 2.86. The van der Waals surface area contributed by atoms with Crippen molar-refractivity contribution in [3.05, 3.63) is 35.5 Å². The highest BCUT2D eigenvalue weighted by Crippen LogP contribution is 2.43. The van der Waals surface area contributed by atoms with E-state index in [9.17, 15) is 9.59 Å². The molecule has 6 nitrogen and oxygen atoms in total. The van der Waals surface area contributed by atoms with Gasteiger partial charge in [-0.1, -0.05) is 31.5 Å². The van der Waals surface area contributed by atoms with Crippen molar-refractivity contribution in [2.75, 3.05) is 19.7 Å². The van der Waals surface area contributed by atoms with E-state index in [2.05, 4.69) is 34.6 Å². The normalized spacial score (nSPS) is 19.4. The summed E-state index contributed by atoms with van der Waals surface area (Å²) in [5.41, 5.74) is 3.38. The van der Waals surface area contributed by atoms with E-state index in [1.54, 1.807) is 0 Å². The molecule has 1 fully saturated rings. The van der Waals surface area contributed by atoms with Crippen LogP contribution in [0.5, 0.6) is 0 Å². The van der Waals surface area contributed by atoms with Gasteiger partial charge in [0.2, 0.25) is 11.8 Å². The number of H-pyrrole nitrogens is 1. The molecule has 1 unspecified atom stereocenters. The Labute approximate surface area is 165 Å². The Morgan fingerprint density at radius 2 is 2.04 bits per heavy atom. The van der Waals surface area contributed by atoms with E-state index < -0.39 is 6.04 Å². The van der Waals surface area contributed by atoms with Crippen LogP contribution in [0.4, 0.5) is 0 Å². The Hall–Kier alpha value is -2.34. The van der Waals surface area contributed by atoms with Crippen molar-refractivity contribution >= 4 is 22.7 Å². The van der Waals surface area contributed by atoms with E-state index in [4.69, 9.17) is 4.74 Å². The average Bonchev–Trinajstić information content (AvgIpc) is 3.08. The summed E-state index contributed by atoms with van der Waals surface area (Å²) in [6, 6.07) is 7.99. The van der Waals surface area contributed by atoms with Gasteiger partial charge in [0, 0.05) is 30.9 Å². The molecule has 1 spiro atoms. The molecule has 3 heterocycles. The topological polar surface area (TPSA) is 74.4 Å². The molecule has 2 N–H and O–H groups in total. The number of rotatable bonds is 4. The third kappa shape index (κ3) is 3.30. The molecule has 150 valence electrons. The second kappa shape index (κ2) is 7.59. The first kappa shape index (κ1) is 19.0. The SMILES string of the molecule is CCCC(NC(C)=O)C(=O)N1CCC2(CC1)OCCc1c2[nH]c2ccccc12. The first-order valence-corrected chi connectivity index (χ1v) is 10.3. The lowest BCUT2D eigenvalue weighted by atomic mass is 9.83. The molecule has 1 saturated heterocycles. The Kier molecular flexibility index (Phi) is 5.15. The third-order valence-corrected chi connectivity index (χ3v) is 6.14. The second-order valence-electron chi connectivity index (χ2n) is 7.98. The van der Waals surface area contributed by atoms with Crippen LogP contribution in [-0.4, -0.2) is 47.4 Å². The van der Waals surface area contributed by atoms with E-state index >= 15 is 0 Å². The van der Waals surface area contributed by atoms with Gasteiger partial charge in [-0.3, -0.25) is 9.59 Å². The molecule has 0 radical (unpaired) electrons. The van der Waals surface area contributed by atoms with Crippen LogP contribution >= 0.6 is 0 Å². The van der Waals surface area contributed by atoms with Gasteiger partial charge in [0.1, 0.15) is 11.6 Å². The molecule has 0 aliphatic carbocycles. The minimum atomic E-state index is -0.424. The van der Waals surface area contributed by atoms with Crippen LogP contribution in [0.15, 0.2) is 24.3 Å². The molecular formula is C22H29N3O3. The molecule has 0 saturated carbocycles. The van der Waals surface area contributed by atoms with Crippen LogP contribution in [0.2, 0.25) is 0 Å². The highest BCUT2D eigenvalue weighted by molar-refractivity contribution is 5.87. The van der Waals surface area contributed by atoms with Crippen LogP contribution in [-0.2, 0) is 26.3 Å². The zero-order chi connectivity index (χ0) is 19.7. The van der Waals surface area contributed by atoms with E-state index in [-0.39, 0.29) is 17.4 Å². The Morgan fingerprint density at radius 3 is 2.75 bits per heavy atom. The van der Waals surface area contributed by atoms with Gasteiger partial charge in [-0.2, -0.15) is 0 Å². The molecule has 0 bridgehead atoms. The number of likely N-dealkylation sites (tertiary alicyclic amines) is 1. The van der Waals surface area contributed by atoms with E-state index in [1.807, 2.05) is 11.8 Å². The lowest BCUT2D eigenvalue weighted by Gasteiger charge is -2.44. The molecule has 1 aromatic heterocycles. The van der Waals surface area contributed by atoms with Crippen molar-refractivity contribution in [1.82, 2.24) is 15.2 Å². The average molecular weight is 383 g/mol. The number of ether oxygens (including phenoxy) is 1. The van der Waals surface area contributed by atoms with Crippen molar-refractivity contribution in [1.29, 1.82) is 0 Å². The monoisotopic (exact) mass is 383 g/mol. The standard InChI is InChI=1S/C22H29N3O3/c1-3-6-19(23-15(2)26)21(27)25-12-10-22(11-13-25)20-17(9-14-28-22)16-7-4-5-8-18(16)24-20/h4-5,7-8,19,24H,3,6,9-14H2,1-2H3,(H,23,26). The lowest BCUT2D eigenvalue weighted by molar-refractivity contribution is -0.144. The molecule has 1 atom stereocenters. The summed E-state index contributed by atoms with van der Waals surface area (Å²) in [7, 11) is 0. The van der Waals surface area contributed by atoms with Gasteiger partial charge in [-0.25, -0.2) is 0 Å². The summed E-state index contributed by atoms with van der Waals surface area (Å²) in [6.45, 7) is 5.50. The number of aromatic amines is 1. The fourth-order valence-electron chi connectivity index (χ4n) is 4.76. The number of hydrogen-bond donors (Lipinski definition) is 2. The number of carbonyl (C=O) groups is 2. The highest BCUT2D eigenvalue weighted by Gasteiger charge is 2.44. The number of hydrogen-bond acceptors (Lipinski definition) is 3. The number of nitrogens with zero attached hydrogens (tertiary/aromatic N) is 1. The van der Waals surface area contributed by atoms with Crippen molar-refractivity contribution in [3.8, 4) is 0 Å². The number of fused-ring (bicyclic) bond motifs is 4. The number of para-hydroxylation sites is 1. The van der Waals surface area contributed by atoms with Crippen LogP contribution in [0.25, 0.3) is 10.9 Å². The number of nitrogens with one attached hydrogen (secondary N) is 2. The lowest BCUT2D eigenvalue weighted by Crippen LogP contribution is -2.53. The molecular weight excluding hydrogens is 354 g/mol. The number of carbonyl (C=O) groups excluding carboxylic acids is 2. The van der Waals surface area contributed by atoms with Crippen molar-refractivity contribution in [2.24, 2.45) is 0 Å². The smallest absolute Gasteiger partial charge is 0.245 e. The van der Waals surface area contributed by atoms with E-state index in [0.717, 1.165) is 31.2 Å². The maximum absolute atomic E-state index is 12.9. The zero-order valence-corrected chi connectivity index (χ0v) is 16.7. The zero-order valence-electron chi connectivity index (χ0n) is 16.7. The molecule has 6 heteroatoms. The van der Waals surface area contributed by atoms with Crippen LogP contribution in [0, 0.1) is 0 Å². The van der Waals surface area contributed by atoms with Crippen LogP contribution < -0.4 is 5.32 Å². The maximum atomic E-state index is 12.9. The summed E-state index contributed by atoms with van der Waals surface area (Å²) >= 11 is 0. The summed E-state index contributed by atoms with van der Waals surface area (Å²) in [5, 5.41) is 4.10. The first-order valence-electron chi connectivity index (χ1n) is 10.3. The molecule has 28 heavy (non-hydrogen) atoms. The number of benzene rings is 1. The predicted molar refractivity (Wildman–Crippen MR) is 108 cm³/mol. The van der Waals surface area contributed by atoms with Crippen LogP contribution in [0.3, 0.4) is 0 Å². The number of piperidine rings is 1. The number of amides is 2. The third-order valence-electron chi connectivity index (χ3n) is 6.14. The second-order valence-corrected chi connectivity index (χ2v) is 7.98. The highest BCUT2D eigenvalue weighted by atomic mass is 16.5. The quantitative estimate of drug-likeness (QED) is 0.853. The van der Waals surface area contributed by atoms with Gasteiger partial charge in [-0.05, 0) is 37.3 Å². The molecule has 2 aromatic rings. The van der Waals surface area contributed by atoms with Gasteiger partial charge in [0.25, 0.3) is 0 Å². The maximum Gasteiger partial charge on any atom is 0.245 e. The summed E-state index contributed by atoms with van der Waals surface area (Å²) in [6.07, 6.45) is 4.00. The van der Waals surface area contributed by atoms with Gasteiger partial charge in [-0.15, -0.1) is 0 Å². The van der Waals surface area contributed by atoms with Gasteiger partial charge in [0.15, 0.2) is 0 Å². The van der Waals surface area contributed by atoms with Gasteiger partial charge < -0.3 is 19.9 Å². The first-order chi connectivity index (χ1) is 13.5. The minimum absolute atomic E-state index is 0.0274. The van der Waals surface area contributed by atoms with E-state index in [1.165, 1.54) is 23.6 Å². The summed E-state index contributed by atoms with van der Waals surface area (Å²) in [5.74, 6) is -0.127. The van der Waals surface area contributed by atoms with Crippen molar-refractivity contribution in [2.45, 2.75) is 57.6 Å².